The topological polar surface area (TPSA) is 43.1 Å². The van der Waals surface area contributed by atoms with Crippen molar-refractivity contribution in [1.29, 1.82) is 0 Å². The van der Waals surface area contributed by atoms with Crippen molar-refractivity contribution in [2.75, 3.05) is 5.73 Å². The van der Waals surface area contributed by atoms with Crippen LogP contribution in [0.15, 0.2) is 24.3 Å². The molecule has 2 heteroatoms. The Bertz CT molecular complexity index is 329. The van der Waals surface area contributed by atoms with E-state index in [2.05, 4.69) is 0 Å². The van der Waals surface area contributed by atoms with Gasteiger partial charge in [-0.3, -0.25) is 0 Å². The zero-order valence-electron chi connectivity index (χ0n) is 7.66. The second-order valence-electron chi connectivity index (χ2n) is 2.88. The molecule has 0 bridgehead atoms. The molecule has 0 aliphatic heterocycles. The zero-order chi connectivity index (χ0) is 9.68. The Hall–Kier alpha value is -1.57. The number of para-hydroxylation sites is 1. The zero-order valence-corrected chi connectivity index (χ0v) is 7.66. The highest BCUT2D eigenvalue weighted by molar-refractivity contribution is 5.68. The van der Waals surface area contributed by atoms with E-state index in [0.29, 0.717) is 6.42 Å². The Labute approximate surface area is 78.1 Å². The standard InChI is InChI=1S/C11H13NO/c1-9-5-4-7-10(11(9)12)6-2-3-8-13/h2,4-8H,3,12H2,1H3. The number of nitrogens with two attached hydrogens (primary N) is 1. The molecule has 0 unspecified atom stereocenters. The normalized spacial score (nSPS) is 10.5. The van der Waals surface area contributed by atoms with Crippen LogP contribution in [-0.2, 0) is 4.79 Å². The summed E-state index contributed by atoms with van der Waals surface area (Å²) in [7, 11) is 0. The minimum Gasteiger partial charge on any atom is -0.398 e. The monoisotopic (exact) mass is 175 g/mol. The van der Waals surface area contributed by atoms with Gasteiger partial charge in [0.1, 0.15) is 6.29 Å². The van der Waals surface area contributed by atoms with Gasteiger partial charge in [-0.1, -0.05) is 30.4 Å². The van der Waals surface area contributed by atoms with E-state index in [9.17, 15) is 4.79 Å². The molecule has 2 N–H and O–H groups in total. The Morgan fingerprint density at radius 2 is 2.23 bits per heavy atom. The van der Waals surface area contributed by atoms with Gasteiger partial charge in [0.25, 0.3) is 0 Å². The van der Waals surface area contributed by atoms with Crippen LogP contribution in [0.3, 0.4) is 0 Å². The van der Waals surface area contributed by atoms with Crippen LogP contribution >= 0.6 is 0 Å². The van der Waals surface area contributed by atoms with Crippen molar-refractivity contribution in [3.8, 4) is 0 Å². The lowest BCUT2D eigenvalue weighted by Crippen LogP contribution is -1.92. The van der Waals surface area contributed by atoms with Gasteiger partial charge in [0.2, 0.25) is 0 Å². The average Bonchev–Trinajstić information content (AvgIpc) is 2.13. The molecular weight excluding hydrogens is 162 g/mol. The second kappa shape index (κ2) is 4.45. The van der Waals surface area contributed by atoms with Crippen LogP contribution in [0.1, 0.15) is 17.5 Å². The third kappa shape index (κ3) is 2.44. The Morgan fingerprint density at radius 1 is 1.46 bits per heavy atom. The van der Waals surface area contributed by atoms with Crippen molar-refractivity contribution in [2.24, 2.45) is 0 Å². The van der Waals surface area contributed by atoms with Crippen LogP contribution in [0.2, 0.25) is 0 Å². The first-order valence-electron chi connectivity index (χ1n) is 4.21. The number of benzene rings is 1. The van der Waals surface area contributed by atoms with Crippen molar-refractivity contribution in [2.45, 2.75) is 13.3 Å². The number of anilines is 1. The summed E-state index contributed by atoms with van der Waals surface area (Å²) in [4.78, 5) is 10.1. The summed E-state index contributed by atoms with van der Waals surface area (Å²) >= 11 is 0. The third-order valence-electron chi connectivity index (χ3n) is 1.89. The van der Waals surface area contributed by atoms with Crippen LogP contribution in [0, 0.1) is 6.92 Å². The van der Waals surface area contributed by atoms with Crippen molar-refractivity contribution < 1.29 is 4.79 Å². The second-order valence-corrected chi connectivity index (χ2v) is 2.88. The highest BCUT2D eigenvalue weighted by Crippen LogP contribution is 2.17. The molecule has 0 aromatic heterocycles. The lowest BCUT2D eigenvalue weighted by Gasteiger charge is -2.02. The van der Waals surface area contributed by atoms with E-state index in [1.54, 1.807) is 6.08 Å². The van der Waals surface area contributed by atoms with Crippen molar-refractivity contribution in [3.05, 3.63) is 35.4 Å². The van der Waals surface area contributed by atoms with Crippen LogP contribution in [-0.4, -0.2) is 6.29 Å². The van der Waals surface area contributed by atoms with E-state index in [1.807, 2.05) is 31.2 Å². The average molecular weight is 175 g/mol. The molecule has 0 saturated carbocycles. The molecule has 1 aromatic carbocycles. The SMILES string of the molecule is Cc1cccc(C=CCC=O)c1N. The van der Waals surface area contributed by atoms with E-state index < -0.39 is 0 Å². The van der Waals surface area contributed by atoms with Gasteiger partial charge >= 0.3 is 0 Å². The molecule has 0 radical (unpaired) electrons. The smallest absolute Gasteiger partial charge is 0.123 e. The molecule has 0 aliphatic carbocycles. The Balaban J connectivity index is 2.88. The van der Waals surface area contributed by atoms with Gasteiger partial charge < -0.3 is 10.5 Å². The summed E-state index contributed by atoms with van der Waals surface area (Å²) in [6.07, 6.45) is 4.98. The molecule has 0 fully saturated rings. The van der Waals surface area contributed by atoms with Gasteiger partial charge in [-0.25, -0.2) is 0 Å². The van der Waals surface area contributed by atoms with E-state index >= 15 is 0 Å². The molecule has 1 aromatic rings. The first kappa shape index (κ1) is 9.52. The van der Waals surface area contributed by atoms with Crippen LogP contribution in [0.5, 0.6) is 0 Å². The number of carbonyl (C=O) groups is 1. The van der Waals surface area contributed by atoms with E-state index in [4.69, 9.17) is 5.73 Å². The number of aldehydes is 1. The number of rotatable bonds is 3. The van der Waals surface area contributed by atoms with E-state index in [0.717, 1.165) is 23.1 Å². The summed E-state index contributed by atoms with van der Waals surface area (Å²) in [5.74, 6) is 0. The predicted octanol–water partition coefficient (Wildman–Crippen LogP) is 2.18. The maximum Gasteiger partial charge on any atom is 0.123 e. The van der Waals surface area contributed by atoms with Crippen LogP contribution < -0.4 is 5.73 Å². The lowest BCUT2D eigenvalue weighted by atomic mass is 10.1. The Morgan fingerprint density at radius 3 is 2.92 bits per heavy atom. The fourth-order valence-corrected chi connectivity index (χ4v) is 1.10. The molecule has 0 saturated heterocycles. The first-order chi connectivity index (χ1) is 6.25. The minimum atomic E-state index is 0.438. The molecule has 0 atom stereocenters. The fourth-order valence-electron chi connectivity index (χ4n) is 1.10. The quantitative estimate of drug-likeness (QED) is 0.565. The molecule has 0 amide bonds. The number of carbonyl (C=O) groups excluding carboxylic acids is 1. The van der Waals surface area contributed by atoms with Gasteiger partial charge in [-0.05, 0) is 18.1 Å². The van der Waals surface area contributed by atoms with Gasteiger partial charge in [0.15, 0.2) is 0 Å². The number of allylic oxidation sites excluding steroid dienone is 1. The Kier molecular flexibility index (Phi) is 3.26. The molecule has 0 spiro atoms. The van der Waals surface area contributed by atoms with E-state index in [1.165, 1.54) is 0 Å². The maximum atomic E-state index is 10.1. The summed E-state index contributed by atoms with van der Waals surface area (Å²) in [6.45, 7) is 1.96. The largest absolute Gasteiger partial charge is 0.398 e. The van der Waals surface area contributed by atoms with E-state index in [-0.39, 0.29) is 0 Å². The van der Waals surface area contributed by atoms with Crippen molar-refractivity contribution in [1.82, 2.24) is 0 Å². The minimum absolute atomic E-state index is 0.438. The molecule has 2 nitrogen and oxygen atoms in total. The molecular formula is C11H13NO. The molecule has 1 rings (SSSR count). The van der Waals surface area contributed by atoms with Gasteiger partial charge in [0, 0.05) is 12.1 Å². The van der Waals surface area contributed by atoms with Gasteiger partial charge in [0.05, 0.1) is 0 Å². The first-order valence-corrected chi connectivity index (χ1v) is 4.21. The maximum absolute atomic E-state index is 10.1. The summed E-state index contributed by atoms with van der Waals surface area (Å²) in [5, 5.41) is 0. The molecule has 0 aliphatic rings. The molecule has 13 heavy (non-hydrogen) atoms. The molecule has 68 valence electrons. The van der Waals surface area contributed by atoms with Crippen LogP contribution in [0.25, 0.3) is 6.08 Å². The predicted molar refractivity (Wildman–Crippen MR) is 55.3 cm³/mol. The third-order valence-corrected chi connectivity index (χ3v) is 1.89. The summed E-state index contributed by atoms with van der Waals surface area (Å²) in [5.41, 5.74) is 8.64. The highest BCUT2D eigenvalue weighted by Gasteiger charge is 1.96. The summed E-state index contributed by atoms with van der Waals surface area (Å²) < 4.78 is 0. The van der Waals surface area contributed by atoms with Gasteiger partial charge in [-0.2, -0.15) is 0 Å². The fraction of sp³-hybridized carbons (Fsp3) is 0.182. The number of hydrogen-bond acceptors (Lipinski definition) is 2. The van der Waals surface area contributed by atoms with Crippen molar-refractivity contribution >= 4 is 18.0 Å². The molecule has 0 heterocycles. The van der Waals surface area contributed by atoms with Crippen molar-refractivity contribution in [3.63, 3.8) is 0 Å². The number of nitrogen functional groups attached to an aromatic ring is 1. The van der Waals surface area contributed by atoms with Crippen LogP contribution in [0.4, 0.5) is 5.69 Å². The summed E-state index contributed by atoms with van der Waals surface area (Å²) in [6, 6.07) is 5.85. The van der Waals surface area contributed by atoms with Gasteiger partial charge in [-0.15, -0.1) is 0 Å². The lowest BCUT2D eigenvalue weighted by molar-refractivity contribution is -0.107. The number of aryl methyl sites for hydroxylation is 1. The highest BCUT2D eigenvalue weighted by atomic mass is 16.1. The number of hydrogen-bond donors (Lipinski definition) is 1.